The van der Waals surface area contributed by atoms with Gasteiger partial charge in [-0.15, -0.1) is 0 Å². The summed E-state index contributed by atoms with van der Waals surface area (Å²) < 4.78 is 36.4. The lowest BCUT2D eigenvalue weighted by Gasteiger charge is -2.23. The standard InChI is InChI=1S/C24H25N3O5S/c1-31-23-11-7-6-10-22(23)27(33(2,29)30)17-24(28)26-25-16-19-12-14-21(15-13-19)32-18-20-8-4-3-5-9-20/h3-16H,17-18H2,1-2H3,(H,26,28)/b25-16-. The van der Waals surface area contributed by atoms with Crippen molar-refractivity contribution < 1.29 is 22.7 Å². The van der Waals surface area contributed by atoms with Crippen LogP contribution in [-0.2, 0) is 21.4 Å². The van der Waals surface area contributed by atoms with Gasteiger partial charge in [0.1, 0.15) is 24.7 Å². The Labute approximate surface area is 193 Å². The number of carbonyl (C=O) groups excluding carboxylic acids is 1. The van der Waals surface area contributed by atoms with E-state index in [1.807, 2.05) is 30.3 Å². The van der Waals surface area contributed by atoms with E-state index in [4.69, 9.17) is 9.47 Å². The van der Waals surface area contributed by atoms with E-state index in [1.54, 1.807) is 48.5 Å². The number of rotatable bonds is 10. The van der Waals surface area contributed by atoms with Crippen LogP contribution in [0, 0.1) is 0 Å². The molecule has 0 fully saturated rings. The Kier molecular flexibility index (Phi) is 8.04. The van der Waals surface area contributed by atoms with Crippen molar-refractivity contribution in [3.8, 4) is 11.5 Å². The summed E-state index contributed by atoms with van der Waals surface area (Å²) in [4.78, 5) is 12.3. The number of amides is 1. The first-order valence-electron chi connectivity index (χ1n) is 10.1. The molecule has 8 nitrogen and oxygen atoms in total. The van der Waals surface area contributed by atoms with Crippen molar-refractivity contribution >= 4 is 27.8 Å². The van der Waals surface area contributed by atoms with E-state index in [9.17, 15) is 13.2 Å². The largest absolute Gasteiger partial charge is 0.495 e. The number of anilines is 1. The molecule has 0 aliphatic carbocycles. The topological polar surface area (TPSA) is 97.3 Å². The second-order valence-corrected chi connectivity index (χ2v) is 8.98. The van der Waals surface area contributed by atoms with Gasteiger partial charge in [0.15, 0.2) is 0 Å². The maximum atomic E-state index is 12.3. The van der Waals surface area contributed by atoms with Gasteiger partial charge in [-0.25, -0.2) is 13.8 Å². The quantitative estimate of drug-likeness (QED) is 0.365. The van der Waals surface area contributed by atoms with Crippen LogP contribution >= 0.6 is 0 Å². The number of nitrogens with one attached hydrogen (secondary N) is 1. The molecule has 3 rings (SSSR count). The fraction of sp³-hybridized carbons (Fsp3) is 0.167. The molecule has 0 aliphatic rings. The maximum absolute atomic E-state index is 12.3. The molecule has 0 atom stereocenters. The minimum absolute atomic E-state index is 0.271. The third-order valence-corrected chi connectivity index (χ3v) is 5.70. The first-order chi connectivity index (χ1) is 15.9. The Balaban J connectivity index is 1.57. The molecule has 0 bridgehead atoms. The lowest BCUT2D eigenvalue weighted by Crippen LogP contribution is -2.39. The van der Waals surface area contributed by atoms with E-state index in [0.717, 1.165) is 21.7 Å². The van der Waals surface area contributed by atoms with E-state index in [0.29, 0.717) is 18.1 Å². The van der Waals surface area contributed by atoms with Crippen LogP contribution in [0.2, 0.25) is 0 Å². The molecule has 0 aliphatic heterocycles. The van der Waals surface area contributed by atoms with E-state index < -0.39 is 22.5 Å². The van der Waals surface area contributed by atoms with Gasteiger partial charge in [-0.3, -0.25) is 9.10 Å². The molecule has 3 aromatic carbocycles. The summed E-state index contributed by atoms with van der Waals surface area (Å²) in [6.07, 6.45) is 2.49. The molecule has 1 N–H and O–H groups in total. The van der Waals surface area contributed by atoms with E-state index >= 15 is 0 Å². The van der Waals surface area contributed by atoms with Crippen LogP contribution in [0.4, 0.5) is 5.69 Å². The number of methoxy groups -OCH3 is 1. The van der Waals surface area contributed by atoms with Crippen LogP contribution in [0.1, 0.15) is 11.1 Å². The van der Waals surface area contributed by atoms with Gasteiger partial charge in [0.25, 0.3) is 5.91 Å². The van der Waals surface area contributed by atoms with Gasteiger partial charge >= 0.3 is 0 Å². The Bertz CT molecular complexity index is 1200. The van der Waals surface area contributed by atoms with Gasteiger partial charge in [0.2, 0.25) is 10.0 Å². The number of hydrogen-bond donors (Lipinski definition) is 1. The third kappa shape index (κ3) is 7.08. The molecular weight excluding hydrogens is 442 g/mol. The minimum atomic E-state index is -3.73. The lowest BCUT2D eigenvalue weighted by atomic mass is 10.2. The average Bonchev–Trinajstić information content (AvgIpc) is 2.82. The zero-order valence-electron chi connectivity index (χ0n) is 18.3. The smallest absolute Gasteiger partial charge is 0.260 e. The first-order valence-corrected chi connectivity index (χ1v) is 11.9. The van der Waals surface area contributed by atoms with Gasteiger partial charge < -0.3 is 9.47 Å². The number of hydrazone groups is 1. The predicted molar refractivity (Wildman–Crippen MR) is 128 cm³/mol. The third-order valence-electron chi connectivity index (χ3n) is 4.57. The monoisotopic (exact) mass is 467 g/mol. The average molecular weight is 468 g/mol. The number of hydrogen-bond acceptors (Lipinski definition) is 6. The molecule has 0 saturated carbocycles. The highest BCUT2D eigenvalue weighted by Crippen LogP contribution is 2.29. The second kappa shape index (κ2) is 11.1. The number of benzene rings is 3. The summed E-state index contributed by atoms with van der Waals surface area (Å²) in [5.41, 5.74) is 4.44. The summed E-state index contributed by atoms with van der Waals surface area (Å²) in [5, 5.41) is 3.92. The number of carbonyl (C=O) groups is 1. The van der Waals surface area contributed by atoms with Crippen LogP contribution in [0.3, 0.4) is 0 Å². The first kappa shape index (κ1) is 23.8. The van der Waals surface area contributed by atoms with Crippen LogP contribution < -0.4 is 19.2 Å². The van der Waals surface area contributed by atoms with Crippen LogP contribution in [0.25, 0.3) is 0 Å². The Hall–Kier alpha value is -3.85. The lowest BCUT2D eigenvalue weighted by molar-refractivity contribution is -0.119. The van der Waals surface area contributed by atoms with Crippen molar-refractivity contribution in [1.29, 1.82) is 0 Å². The molecule has 0 spiro atoms. The van der Waals surface area contributed by atoms with Gasteiger partial charge in [-0.2, -0.15) is 5.10 Å². The van der Waals surface area contributed by atoms with Gasteiger partial charge in [-0.05, 0) is 47.5 Å². The maximum Gasteiger partial charge on any atom is 0.260 e. The molecule has 172 valence electrons. The van der Waals surface area contributed by atoms with Gasteiger partial charge in [0.05, 0.1) is 25.3 Å². The second-order valence-electron chi connectivity index (χ2n) is 7.08. The molecular formula is C24H25N3O5S. The van der Waals surface area contributed by atoms with Crippen molar-refractivity contribution in [2.24, 2.45) is 5.10 Å². The Morgan fingerprint density at radius 3 is 2.33 bits per heavy atom. The molecule has 0 radical (unpaired) electrons. The van der Waals surface area contributed by atoms with Crippen molar-refractivity contribution in [2.75, 3.05) is 24.2 Å². The zero-order chi connectivity index (χ0) is 23.7. The van der Waals surface area contributed by atoms with Crippen molar-refractivity contribution in [1.82, 2.24) is 5.43 Å². The SMILES string of the molecule is COc1ccccc1N(CC(=O)N/N=C\c1ccc(OCc2ccccc2)cc1)S(C)(=O)=O. The highest BCUT2D eigenvalue weighted by molar-refractivity contribution is 7.92. The normalized spacial score (nSPS) is 11.2. The van der Waals surface area contributed by atoms with Crippen LogP contribution in [0.15, 0.2) is 84.0 Å². The molecule has 33 heavy (non-hydrogen) atoms. The minimum Gasteiger partial charge on any atom is -0.495 e. The zero-order valence-corrected chi connectivity index (χ0v) is 19.2. The van der Waals surface area contributed by atoms with Gasteiger partial charge in [-0.1, -0.05) is 42.5 Å². The summed E-state index contributed by atoms with van der Waals surface area (Å²) >= 11 is 0. The van der Waals surface area contributed by atoms with Crippen molar-refractivity contribution in [2.45, 2.75) is 6.61 Å². The van der Waals surface area contributed by atoms with Crippen molar-refractivity contribution in [3.05, 3.63) is 90.0 Å². The number of para-hydroxylation sites is 2. The Morgan fingerprint density at radius 2 is 1.67 bits per heavy atom. The molecule has 9 heteroatoms. The van der Waals surface area contributed by atoms with E-state index in [-0.39, 0.29) is 5.69 Å². The van der Waals surface area contributed by atoms with E-state index in [2.05, 4.69) is 10.5 Å². The van der Waals surface area contributed by atoms with Gasteiger partial charge in [0, 0.05) is 0 Å². The molecule has 0 saturated heterocycles. The van der Waals surface area contributed by atoms with Crippen molar-refractivity contribution in [3.63, 3.8) is 0 Å². The number of sulfonamides is 1. The predicted octanol–water partition coefficient (Wildman–Crippen LogP) is 3.19. The number of ether oxygens (including phenoxy) is 2. The summed E-state index contributed by atoms with van der Waals surface area (Å²) in [5.74, 6) is 0.458. The van der Waals surface area contributed by atoms with Crippen LogP contribution in [-0.4, -0.2) is 40.4 Å². The molecule has 0 aromatic heterocycles. The summed E-state index contributed by atoms with van der Waals surface area (Å²) in [6, 6.07) is 23.6. The Morgan fingerprint density at radius 1 is 1.00 bits per heavy atom. The highest BCUT2D eigenvalue weighted by Gasteiger charge is 2.23. The summed E-state index contributed by atoms with van der Waals surface area (Å²) in [6.45, 7) is 0.0240. The highest BCUT2D eigenvalue weighted by atomic mass is 32.2. The number of nitrogens with zero attached hydrogens (tertiary/aromatic N) is 2. The van der Waals surface area contributed by atoms with Crippen LogP contribution in [0.5, 0.6) is 11.5 Å². The summed E-state index contributed by atoms with van der Waals surface area (Å²) in [7, 11) is -2.29. The molecule has 3 aromatic rings. The molecule has 0 heterocycles. The fourth-order valence-electron chi connectivity index (χ4n) is 2.95. The molecule has 1 amide bonds. The fourth-order valence-corrected chi connectivity index (χ4v) is 3.81. The molecule has 0 unspecified atom stereocenters. The van der Waals surface area contributed by atoms with E-state index in [1.165, 1.54) is 13.3 Å².